The molecular formula is C27H38ClFN6O2. The van der Waals surface area contributed by atoms with E-state index in [1.54, 1.807) is 12.4 Å². The molecule has 0 spiro atoms. The van der Waals surface area contributed by atoms with Crippen LogP contribution in [0.1, 0.15) is 80.8 Å². The third-order valence-electron chi connectivity index (χ3n) is 6.21. The van der Waals surface area contributed by atoms with E-state index in [1.165, 1.54) is 6.07 Å². The van der Waals surface area contributed by atoms with Gasteiger partial charge >= 0.3 is 0 Å². The van der Waals surface area contributed by atoms with Crippen LogP contribution in [0.5, 0.6) is 5.75 Å². The third-order valence-corrected chi connectivity index (χ3v) is 6.49. The molecule has 0 radical (unpaired) electrons. The van der Waals surface area contributed by atoms with Gasteiger partial charge < -0.3 is 20.7 Å². The number of ether oxygens (including phenoxy) is 1. The van der Waals surface area contributed by atoms with E-state index >= 15 is 4.39 Å². The molecular weight excluding hydrogens is 495 g/mol. The number of rotatable bonds is 12. The fourth-order valence-electron chi connectivity index (χ4n) is 4.61. The number of anilines is 1. The van der Waals surface area contributed by atoms with E-state index < -0.39 is 17.6 Å². The van der Waals surface area contributed by atoms with Crippen LogP contribution in [-0.4, -0.2) is 57.5 Å². The number of nitrogens with two attached hydrogens (primary N) is 1. The Hall–Kier alpha value is -2.91. The van der Waals surface area contributed by atoms with E-state index in [2.05, 4.69) is 29.0 Å². The van der Waals surface area contributed by atoms with Crippen LogP contribution in [-0.2, 0) is 0 Å². The van der Waals surface area contributed by atoms with Crippen molar-refractivity contribution in [1.82, 2.24) is 24.6 Å². The average molecular weight is 533 g/mol. The first-order chi connectivity index (χ1) is 17.6. The number of hydrogen-bond donors (Lipinski definition) is 2. The maximum Gasteiger partial charge on any atom is 0.258 e. The number of aryl methyl sites for hydroxylation is 1. The summed E-state index contributed by atoms with van der Waals surface area (Å²) in [5.74, 6) is -0.582. The molecule has 202 valence electrons. The molecule has 0 saturated carbocycles. The van der Waals surface area contributed by atoms with Crippen LogP contribution in [0.3, 0.4) is 0 Å². The predicted molar refractivity (Wildman–Crippen MR) is 146 cm³/mol. The number of nitrogens with one attached hydrogen (secondary N) is 1. The summed E-state index contributed by atoms with van der Waals surface area (Å²) in [6.07, 6.45) is 5.11. The highest BCUT2D eigenvalue weighted by molar-refractivity contribution is 6.31. The summed E-state index contributed by atoms with van der Waals surface area (Å²) in [5, 5.41) is 2.72. The lowest BCUT2D eigenvalue weighted by molar-refractivity contribution is 0.0937. The van der Waals surface area contributed by atoms with Crippen LogP contribution >= 0.6 is 11.6 Å². The lowest BCUT2D eigenvalue weighted by Gasteiger charge is -2.23. The summed E-state index contributed by atoms with van der Waals surface area (Å²) < 4.78 is 23.4. The van der Waals surface area contributed by atoms with Crippen molar-refractivity contribution in [2.24, 2.45) is 0 Å². The maximum absolute atomic E-state index is 15.4. The molecule has 1 unspecified atom stereocenters. The number of halogens is 2. The monoisotopic (exact) mass is 532 g/mol. The smallest absolute Gasteiger partial charge is 0.258 e. The fraction of sp³-hybridized carbons (Fsp3) is 0.519. The van der Waals surface area contributed by atoms with E-state index in [0.29, 0.717) is 41.5 Å². The number of nitrogens with zero attached hydrogens (tertiary/aromatic N) is 4. The second-order valence-corrected chi connectivity index (χ2v) is 9.95. The Balaban J connectivity index is 2.03. The Morgan fingerprint density at radius 1 is 1.24 bits per heavy atom. The first kappa shape index (κ1) is 28.7. The Kier molecular flexibility index (Phi) is 9.73. The molecule has 0 aliphatic carbocycles. The van der Waals surface area contributed by atoms with Crippen molar-refractivity contribution in [2.75, 3.05) is 31.9 Å². The molecule has 0 fully saturated rings. The number of nitrogen functional groups attached to an aromatic ring is 1. The number of aromatic nitrogens is 3. The summed E-state index contributed by atoms with van der Waals surface area (Å²) in [6.45, 7) is 14.6. The van der Waals surface area contributed by atoms with Crippen molar-refractivity contribution < 1.29 is 13.9 Å². The highest BCUT2D eigenvalue weighted by Crippen LogP contribution is 2.39. The molecule has 10 heteroatoms. The number of fused-ring (bicyclic) bond motifs is 1. The largest absolute Gasteiger partial charge is 0.490 e. The maximum atomic E-state index is 15.4. The molecule has 0 bridgehead atoms. The van der Waals surface area contributed by atoms with Gasteiger partial charge in [-0.15, -0.1) is 0 Å². The average Bonchev–Trinajstić information content (AvgIpc) is 3.18. The minimum absolute atomic E-state index is 0.152. The fourth-order valence-corrected chi connectivity index (χ4v) is 4.82. The van der Waals surface area contributed by atoms with Crippen LogP contribution in [0, 0.1) is 12.7 Å². The summed E-state index contributed by atoms with van der Waals surface area (Å²) in [5.41, 5.74) is 7.88. The SMILES string of the molecule is CCCN(CCC)CCNC(=O)c1c(F)c(Cl)cc(C(C)c2nc(C)c3c(N)nccn23)c1OC(C)C. The molecule has 3 N–H and O–H groups in total. The second-order valence-electron chi connectivity index (χ2n) is 9.54. The minimum atomic E-state index is -0.803. The van der Waals surface area contributed by atoms with Gasteiger partial charge in [0.1, 0.15) is 28.5 Å². The van der Waals surface area contributed by atoms with Gasteiger partial charge in [0, 0.05) is 37.0 Å². The third kappa shape index (κ3) is 6.33. The van der Waals surface area contributed by atoms with E-state index in [0.717, 1.165) is 25.9 Å². The highest BCUT2D eigenvalue weighted by Gasteiger charge is 2.30. The number of amides is 1. The topological polar surface area (TPSA) is 97.8 Å². The van der Waals surface area contributed by atoms with Crippen molar-refractivity contribution >= 4 is 28.8 Å². The Morgan fingerprint density at radius 3 is 2.54 bits per heavy atom. The molecule has 3 aromatic rings. The van der Waals surface area contributed by atoms with Crippen LogP contribution < -0.4 is 15.8 Å². The van der Waals surface area contributed by atoms with Crippen molar-refractivity contribution in [3.05, 3.63) is 51.9 Å². The molecule has 1 amide bonds. The molecule has 3 rings (SSSR count). The molecule has 0 aliphatic heterocycles. The summed E-state index contributed by atoms with van der Waals surface area (Å²) in [4.78, 5) is 24.5. The quantitative estimate of drug-likeness (QED) is 0.332. The zero-order chi connectivity index (χ0) is 27.3. The zero-order valence-electron chi connectivity index (χ0n) is 22.6. The number of carbonyl (C=O) groups is 1. The van der Waals surface area contributed by atoms with Gasteiger partial charge in [-0.25, -0.2) is 14.4 Å². The van der Waals surface area contributed by atoms with Crippen molar-refractivity contribution in [3.8, 4) is 5.75 Å². The Labute approximate surface area is 223 Å². The minimum Gasteiger partial charge on any atom is -0.490 e. The van der Waals surface area contributed by atoms with E-state index in [1.807, 2.05) is 32.1 Å². The van der Waals surface area contributed by atoms with Crippen LogP contribution in [0.15, 0.2) is 18.5 Å². The molecule has 2 aromatic heterocycles. The van der Waals surface area contributed by atoms with Gasteiger partial charge in [0.05, 0.1) is 16.8 Å². The molecule has 0 aliphatic rings. The molecule has 1 aromatic carbocycles. The molecule has 0 saturated heterocycles. The van der Waals surface area contributed by atoms with E-state index in [-0.39, 0.29) is 22.4 Å². The predicted octanol–water partition coefficient (Wildman–Crippen LogP) is 5.20. The standard InChI is InChI=1S/C27H38ClFN6O2/c1-7-11-34(12-8-2)13-9-32-27(36)21-22(29)20(28)15-19(24(21)37-16(3)4)17(5)26-33-18(6)23-25(30)31-10-14-35(23)26/h10,14-17H,7-9,11-13H2,1-6H3,(H2,30,31)(H,32,36). The van der Waals surface area contributed by atoms with Crippen LogP contribution in [0.2, 0.25) is 5.02 Å². The second kappa shape index (κ2) is 12.6. The van der Waals surface area contributed by atoms with Gasteiger partial charge in [-0.1, -0.05) is 32.4 Å². The van der Waals surface area contributed by atoms with Gasteiger partial charge in [0.15, 0.2) is 5.82 Å². The number of hydrogen-bond acceptors (Lipinski definition) is 6. The van der Waals surface area contributed by atoms with Crippen molar-refractivity contribution in [2.45, 2.75) is 66.4 Å². The number of imidazole rings is 1. The molecule has 37 heavy (non-hydrogen) atoms. The highest BCUT2D eigenvalue weighted by atomic mass is 35.5. The van der Waals surface area contributed by atoms with Gasteiger partial charge in [-0.05, 0) is 52.8 Å². The number of carbonyl (C=O) groups excluding carboxylic acids is 1. The van der Waals surface area contributed by atoms with Gasteiger partial charge in [-0.2, -0.15) is 0 Å². The van der Waals surface area contributed by atoms with Crippen LogP contribution in [0.4, 0.5) is 10.2 Å². The molecule has 8 nitrogen and oxygen atoms in total. The number of benzene rings is 1. The molecule has 2 heterocycles. The Bertz CT molecular complexity index is 1240. The zero-order valence-corrected chi connectivity index (χ0v) is 23.3. The van der Waals surface area contributed by atoms with E-state index in [9.17, 15) is 4.79 Å². The summed E-state index contributed by atoms with van der Waals surface area (Å²) >= 11 is 6.34. The normalized spacial score (nSPS) is 12.5. The first-order valence-electron chi connectivity index (χ1n) is 12.9. The lowest BCUT2D eigenvalue weighted by Crippen LogP contribution is -2.36. The lowest BCUT2D eigenvalue weighted by atomic mass is 9.95. The van der Waals surface area contributed by atoms with Crippen molar-refractivity contribution in [1.29, 1.82) is 0 Å². The summed E-state index contributed by atoms with van der Waals surface area (Å²) in [6, 6.07) is 1.52. The first-order valence-corrected chi connectivity index (χ1v) is 13.3. The van der Waals surface area contributed by atoms with Gasteiger partial charge in [0.2, 0.25) is 0 Å². The molecule has 1 atom stereocenters. The summed E-state index contributed by atoms with van der Waals surface area (Å²) in [7, 11) is 0. The van der Waals surface area contributed by atoms with Crippen molar-refractivity contribution in [3.63, 3.8) is 0 Å². The van der Waals surface area contributed by atoms with Gasteiger partial charge in [0.25, 0.3) is 5.91 Å². The van der Waals surface area contributed by atoms with E-state index in [4.69, 9.17) is 27.1 Å². The van der Waals surface area contributed by atoms with Crippen LogP contribution in [0.25, 0.3) is 5.52 Å². The van der Waals surface area contributed by atoms with Gasteiger partial charge in [-0.3, -0.25) is 9.20 Å². The Morgan fingerprint density at radius 2 is 1.92 bits per heavy atom.